The lowest BCUT2D eigenvalue weighted by molar-refractivity contribution is -0.643. The maximum atomic E-state index is 11.0. The summed E-state index contributed by atoms with van der Waals surface area (Å²) >= 11 is 1.40. The van der Waals surface area contributed by atoms with E-state index in [1.165, 1.54) is 17.4 Å². The number of nitrogens with two attached hydrogens (primary N) is 1. The highest BCUT2D eigenvalue weighted by molar-refractivity contribution is 7.13. The molecule has 134 valence electrons. The first-order valence-corrected chi connectivity index (χ1v) is 8.93. The predicted molar refractivity (Wildman–Crippen MR) is 104 cm³/mol. The first kappa shape index (κ1) is 16.9. The summed E-state index contributed by atoms with van der Waals surface area (Å²) in [5.74, 6) is 1.14. The maximum absolute atomic E-state index is 11.0. The number of nitro groups is 1. The Labute approximate surface area is 157 Å². The molecule has 0 fully saturated rings. The number of thiazole rings is 1. The largest absolute Gasteiger partial charge is 0.408 e. The lowest BCUT2D eigenvalue weighted by Gasteiger charge is -1.98. The molecule has 2 aromatic carbocycles. The topological polar surface area (TPSA) is 114 Å². The van der Waals surface area contributed by atoms with Crippen LogP contribution in [0.3, 0.4) is 0 Å². The van der Waals surface area contributed by atoms with Crippen molar-refractivity contribution in [1.29, 1.82) is 0 Å². The van der Waals surface area contributed by atoms with Crippen molar-refractivity contribution in [2.24, 2.45) is 17.3 Å². The number of aromatic amines is 1. The molecule has 0 aliphatic heterocycles. The number of nitro benzene ring substituents is 1. The first-order chi connectivity index (χ1) is 13.0. The third-order valence-corrected chi connectivity index (χ3v) is 5.15. The van der Waals surface area contributed by atoms with Gasteiger partial charge in [-0.3, -0.25) is 10.1 Å². The number of benzene rings is 2. The number of hydrogen-bond donors (Lipinski definition) is 2. The van der Waals surface area contributed by atoms with Gasteiger partial charge in [-0.15, -0.1) is 0 Å². The van der Waals surface area contributed by atoms with E-state index in [1.54, 1.807) is 12.1 Å². The van der Waals surface area contributed by atoms with E-state index in [0.717, 1.165) is 22.0 Å². The van der Waals surface area contributed by atoms with E-state index in [0.29, 0.717) is 16.8 Å². The van der Waals surface area contributed by atoms with Gasteiger partial charge in [0.15, 0.2) is 5.82 Å². The maximum Gasteiger partial charge on any atom is 0.408 e. The fourth-order valence-corrected chi connectivity index (χ4v) is 3.71. The summed E-state index contributed by atoms with van der Waals surface area (Å²) in [7, 11) is 1.85. The molecule has 4 rings (SSSR count). The molecule has 0 amide bonds. The number of aromatic nitrogens is 2. The van der Waals surface area contributed by atoms with Gasteiger partial charge < -0.3 is 10.7 Å². The zero-order valence-corrected chi connectivity index (χ0v) is 15.1. The van der Waals surface area contributed by atoms with Crippen LogP contribution in [0.4, 0.5) is 22.5 Å². The van der Waals surface area contributed by atoms with Gasteiger partial charge >= 0.3 is 5.13 Å². The Hall–Kier alpha value is -3.59. The fraction of sp³-hybridized carbons (Fsp3) is 0.0556. The van der Waals surface area contributed by atoms with Gasteiger partial charge in [-0.05, 0) is 16.5 Å². The van der Waals surface area contributed by atoms with Gasteiger partial charge in [0.1, 0.15) is 11.5 Å². The van der Waals surface area contributed by atoms with E-state index in [4.69, 9.17) is 5.73 Å². The van der Waals surface area contributed by atoms with Crippen LogP contribution in [0, 0.1) is 10.1 Å². The van der Waals surface area contributed by atoms with Crippen LogP contribution in [0.5, 0.6) is 0 Å². The number of hydrogen-bond acceptors (Lipinski definition) is 6. The number of nitrogens with zero attached hydrogens (tertiary/aromatic N) is 4. The van der Waals surface area contributed by atoms with E-state index in [9.17, 15) is 10.1 Å². The molecule has 0 aliphatic rings. The minimum absolute atomic E-state index is 0.0511. The molecule has 9 heteroatoms. The van der Waals surface area contributed by atoms with Gasteiger partial charge in [-0.2, -0.15) is 0 Å². The quantitative estimate of drug-likeness (QED) is 0.233. The van der Waals surface area contributed by atoms with Crippen molar-refractivity contribution in [1.82, 2.24) is 4.98 Å². The van der Waals surface area contributed by atoms with Crippen LogP contribution in [-0.4, -0.2) is 9.91 Å². The van der Waals surface area contributed by atoms with E-state index in [2.05, 4.69) is 15.2 Å². The number of H-pyrrole nitrogens is 1. The molecule has 2 aromatic heterocycles. The lowest BCUT2D eigenvalue weighted by atomic mass is 10.1. The average molecular weight is 379 g/mol. The summed E-state index contributed by atoms with van der Waals surface area (Å²) in [6.45, 7) is 0. The Balaban J connectivity index is 1.69. The highest BCUT2D eigenvalue weighted by Gasteiger charge is 2.19. The molecule has 0 saturated heterocycles. The summed E-state index contributed by atoms with van der Waals surface area (Å²) in [5.41, 5.74) is 7.61. The highest BCUT2D eigenvalue weighted by Crippen LogP contribution is 2.32. The Kier molecular flexibility index (Phi) is 4.13. The zero-order valence-electron chi connectivity index (χ0n) is 14.3. The van der Waals surface area contributed by atoms with Crippen molar-refractivity contribution in [3.05, 3.63) is 64.0 Å². The Morgan fingerprint density at radius 2 is 1.93 bits per heavy atom. The van der Waals surface area contributed by atoms with Gasteiger partial charge in [0, 0.05) is 33.8 Å². The minimum atomic E-state index is -0.406. The summed E-state index contributed by atoms with van der Waals surface area (Å²) in [6, 6.07) is 14.2. The molecule has 0 saturated carbocycles. The number of nitrogen functional groups attached to an aromatic ring is 1. The third-order valence-electron chi connectivity index (χ3n) is 4.24. The van der Waals surface area contributed by atoms with Crippen LogP contribution < -0.4 is 10.3 Å². The lowest BCUT2D eigenvalue weighted by Crippen LogP contribution is -2.27. The molecule has 27 heavy (non-hydrogen) atoms. The summed E-state index contributed by atoms with van der Waals surface area (Å²) in [6.07, 6.45) is 0. The second-order valence-corrected chi connectivity index (χ2v) is 6.74. The van der Waals surface area contributed by atoms with Crippen molar-refractivity contribution in [3.8, 4) is 11.3 Å². The summed E-state index contributed by atoms with van der Waals surface area (Å²) < 4.78 is 1.85. The van der Waals surface area contributed by atoms with Crippen LogP contribution >= 0.6 is 11.3 Å². The number of azo groups is 1. The molecule has 0 radical (unpaired) electrons. The summed E-state index contributed by atoms with van der Waals surface area (Å²) in [5, 5.41) is 24.0. The molecule has 0 unspecified atom stereocenters. The van der Waals surface area contributed by atoms with Crippen LogP contribution in [0.15, 0.2) is 64.1 Å². The standard InChI is InChI=1S/C18H14N6O2S/c1-23-15(11-5-4-6-12(9-11)24(25)26)10-27-18(23)22-21-17-14-8-3-2-7-13(14)16(19)20-17/h2-10H,1H3,(H2,19,20,21)/p+1. The van der Waals surface area contributed by atoms with E-state index in [1.807, 2.05) is 47.3 Å². The third kappa shape index (κ3) is 3.04. The molecule has 0 bridgehead atoms. The van der Waals surface area contributed by atoms with Gasteiger partial charge in [0.25, 0.3) is 5.69 Å². The minimum Gasteiger partial charge on any atom is -0.385 e. The van der Waals surface area contributed by atoms with Crippen LogP contribution in [-0.2, 0) is 7.05 Å². The average Bonchev–Trinajstić information content (AvgIpc) is 3.20. The smallest absolute Gasteiger partial charge is 0.385 e. The second-order valence-electron chi connectivity index (χ2n) is 5.90. The molecule has 0 atom stereocenters. The molecule has 0 spiro atoms. The van der Waals surface area contributed by atoms with Gasteiger partial charge in [0.05, 0.1) is 17.1 Å². The molecule has 2 heterocycles. The molecular formula is C18H15N6O2S+. The molecule has 0 aliphatic carbocycles. The predicted octanol–water partition coefficient (Wildman–Crippen LogP) is 4.63. The van der Waals surface area contributed by atoms with Crippen molar-refractivity contribution in [2.45, 2.75) is 0 Å². The first-order valence-electron chi connectivity index (χ1n) is 8.05. The monoisotopic (exact) mass is 379 g/mol. The van der Waals surface area contributed by atoms with Gasteiger partial charge in [0.2, 0.25) is 0 Å². The zero-order chi connectivity index (χ0) is 19.0. The van der Waals surface area contributed by atoms with Crippen molar-refractivity contribution in [3.63, 3.8) is 0 Å². The molecular weight excluding hydrogens is 364 g/mol. The number of non-ortho nitro benzene ring substituents is 1. The van der Waals surface area contributed by atoms with Crippen LogP contribution in [0.25, 0.3) is 22.0 Å². The summed E-state index contributed by atoms with van der Waals surface area (Å²) in [4.78, 5) is 13.6. The van der Waals surface area contributed by atoms with Gasteiger partial charge in [-0.1, -0.05) is 36.4 Å². The Morgan fingerprint density at radius 1 is 1.15 bits per heavy atom. The Morgan fingerprint density at radius 3 is 2.70 bits per heavy atom. The number of nitrogens with one attached hydrogen (secondary N) is 1. The van der Waals surface area contributed by atoms with Crippen molar-refractivity contribution < 1.29 is 9.49 Å². The second kappa shape index (κ2) is 6.61. The number of anilines is 1. The van der Waals surface area contributed by atoms with Crippen molar-refractivity contribution >= 4 is 44.6 Å². The van der Waals surface area contributed by atoms with Crippen molar-refractivity contribution in [2.75, 3.05) is 5.73 Å². The number of rotatable bonds is 4. The van der Waals surface area contributed by atoms with E-state index >= 15 is 0 Å². The normalized spacial score (nSPS) is 11.4. The van der Waals surface area contributed by atoms with Gasteiger partial charge in [-0.25, -0.2) is 4.57 Å². The molecule has 4 aromatic rings. The molecule has 3 N–H and O–H groups in total. The van der Waals surface area contributed by atoms with Crippen LogP contribution in [0.2, 0.25) is 0 Å². The van der Waals surface area contributed by atoms with Crippen LogP contribution in [0.1, 0.15) is 0 Å². The van der Waals surface area contributed by atoms with E-state index < -0.39 is 4.92 Å². The number of fused-ring (bicyclic) bond motifs is 1. The fourth-order valence-electron chi connectivity index (χ4n) is 2.86. The highest BCUT2D eigenvalue weighted by atomic mass is 32.1. The Bertz CT molecular complexity index is 1190. The SMILES string of the molecule is C[n+]1c(-c2cccc([N+](=O)[O-])c2)csc1/N=N/c1[nH]c(N)c2ccccc12. The molecule has 8 nitrogen and oxygen atoms in total. The van der Waals surface area contributed by atoms with E-state index in [-0.39, 0.29) is 5.69 Å².